The number of para-hydroxylation sites is 1. The minimum Gasteiger partial charge on any atom is -0.490 e. The third-order valence-corrected chi connectivity index (χ3v) is 6.77. The molecular weight excluding hydrogens is 448 g/mol. The number of rotatable bonds is 9. The maximum atomic E-state index is 12.6. The Balaban J connectivity index is 1.38. The summed E-state index contributed by atoms with van der Waals surface area (Å²) in [5.41, 5.74) is 2.09. The van der Waals surface area contributed by atoms with E-state index in [1.165, 1.54) is 16.8 Å². The van der Waals surface area contributed by atoms with Crippen molar-refractivity contribution in [2.45, 2.75) is 33.6 Å². The highest BCUT2D eigenvalue weighted by atomic mass is 32.2. The van der Waals surface area contributed by atoms with Crippen LogP contribution in [0.2, 0.25) is 0 Å². The Bertz CT molecular complexity index is 1170. The van der Waals surface area contributed by atoms with Gasteiger partial charge in [0.2, 0.25) is 5.17 Å². The maximum absolute atomic E-state index is 12.6. The van der Waals surface area contributed by atoms with Crippen LogP contribution < -0.4 is 9.47 Å². The summed E-state index contributed by atoms with van der Waals surface area (Å²) >= 11 is 1.39. The molecule has 0 unspecified atom stereocenters. The van der Waals surface area contributed by atoms with E-state index in [-0.39, 0.29) is 11.4 Å². The number of nitrogens with one attached hydrogen (secondary N) is 1. The van der Waals surface area contributed by atoms with Crippen LogP contribution >= 0.6 is 11.8 Å². The van der Waals surface area contributed by atoms with Gasteiger partial charge >= 0.3 is 0 Å². The summed E-state index contributed by atoms with van der Waals surface area (Å²) in [6.45, 7) is 7.09. The van der Waals surface area contributed by atoms with E-state index in [4.69, 9.17) is 14.9 Å². The number of aliphatic imine (C=N–C) groups is 1. The molecule has 34 heavy (non-hydrogen) atoms. The molecule has 7 nitrogen and oxygen atoms in total. The summed E-state index contributed by atoms with van der Waals surface area (Å²) < 4.78 is 11.5. The number of hydrogen-bond acceptors (Lipinski definition) is 6. The number of nitrogens with zero attached hydrogens (tertiary/aromatic N) is 3. The normalized spacial score (nSPS) is 16.6. The number of fused-ring (bicyclic) bond motifs is 1. The second-order valence-corrected chi connectivity index (χ2v) is 8.99. The molecule has 176 valence electrons. The Kier molecular flexibility index (Phi) is 7.47. The van der Waals surface area contributed by atoms with E-state index in [0.717, 1.165) is 34.8 Å². The summed E-state index contributed by atoms with van der Waals surface area (Å²) in [5.74, 6) is 1.50. The lowest BCUT2D eigenvalue weighted by Crippen LogP contribution is -2.35. The predicted octanol–water partition coefficient (Wildman–Crippen LogP) is 5.51. The molecule has 0 fully saturated rings. The molecule has 0 aromatic heterocycles. The first-order valence-electron chi connectivity index (χ1n) is 11.4. The van der Waals surface area contributed by atoms with Crippen LogP contribution in [0, 0.1) is 18.3 Å². The first-order chi connectivity index (χ1) is 16.5. The number of aryl methyl sites for hydroxylation is 1. The fourth-order valence-corrected chi connectivity index (χ4v) is 4.82. The van der Waals surface area contributed by atoms with Gasteiger partial charge in [-0.15, -0.1) is 0 Å². The van der Waals surface area contributed by atoms with Crippen molar-refractivity contribution in [3.63, 3.8) is 0 Å². The minimum atomic E-state index is -0.418. The molecule has 0 bridgehead atoms. The number of amidine groups is 2. The Morgan fingerprint density at radius 1 is 1.06 bits per heavy atom. The Morgan fingerprint density at radius 3 is 2.47 bits per heavy atom. The SMILES string of the molecule is CCC(CC)C1=NN2C(=N)/C(=C\c3ccc(OCCOc4ccccc4C)cc3)C(=O)N=C2S1. The van der Waals surface area contributed by atoms with Crippen molar-refractivity contribution in [2.24, 2.45) is 16.0 Å². The zero-order valence-electron chi connectivity index (χ0n) is 19.6. The molecular formula is C26H28N4O3S. The first-order valence-corrected chi connectivity index (χ1v) is 12.2. The van der Waals surface area contributed by atoms with E-state index in [0.29, 0.717) is 30.0 Å². The van der Waals surface area contributed by atoms with Gasteiger partial charge in [0.25, 0.3) is 5.91 Å². The van der Waals surface area contributed by atoms with Gasteiger partial charge in [-0.05, 0) is 66.9 Å². The summed E-state index contributed by atoms with van der Waals surface area (Å²) in [7, 11) is 0. The molecule has 0 spiro atoms. The van der Waals surface area contributed by atoms with Gasteiger partial charge < -0.3 is 9.47 Å². The summed E-state index contributed by atoms with van der Waals surface area (Å²) in [6.07, 6.45) is 3.59. The van der Waals surface area contributed by atoms with Gasteiger partial charge in [0.05, 0.1) is 5.57 Å². The summed E-state index contributed by atoms with van der Waals surface area (Å²) in [5, 5.41) is 16.0. The highest BCUT2D eigenvalue weighted by molar-refractivity contribution is 8.27. The fourth-order valence-electron chi connectivity index (χ4n) is 3.67. The van der Waals surface area contributed by atoms with Crippen LogP contribution in [-0.4, -0.2) is 40.2 Å². The number of amides is 1. The highest BCUT2D eigenvalue weighted by Gasteiger charge is 2.37. The van der Waals surface area contributed by atoms with Crippen molar-refractivity contribution >= 4 is 39.8 Å². The van der Waals surface area contributed by atoms with Gasteiger partial charge in [-0.3, -0.25) is 10.2 Å². The summed E-state index contributed by atoms with van der Waals surface area (Å²) in [4.78, 5) is 16.8. The second-order valence-electron chi connectivity index (χ2n) is 8.00. The molecule has 4 rings (SSSR count). The van der Waals surface area contributed by atoms with Crippen molar-refractivity contribution < 1.29 is 14.3 Å². The average molecular weight is 477 g/mol. The van der Waals surface area contributed by atoms with Crippen molar-refractivity contribution in [1.82, 2.24) is 5.01 Å². The molecule has 0 atom stereocenters. The van der Waals surface area contributed by atoms with Gasteiger partial charge in [0.1, 0.15) is 29.8 Å². The fraction of sp³-hybridized carbons (Fsp3) is 0.308. The van der Waals surface area contributed by atoms with Crippen LogP contribution in [-0.2, 0) is 4.79 Å². The van der Waals surface area contributed by atoms with Crippen LogP contribution in [0.15, 0.2) is 64.2 Å². The van der Waals surface area contributed by atoms with E-state index in [9.17, 15) is 4.79 Å². The highest BCUT2D eigenvalue weighted by Crippen LogP contribution is 2.33. The molecule has 0 aliphatic carbocycles. The van der Waals surface area contributed by atoms with Crippen molar-refractivity contribution in [1.29, 1.82) is 5.41 Å². The molecule has 0 saturated carbocycles. The van der Waals surface area contributed by atoms with Gasteiger partial charge in [-0.2, -0.15) is 15.1 Å². The lowest BCUT2D eigenvalue weighted by atomic mass is 10.1. The molecule has 2 heterocycles. The van der Waals surface area contributed by atoms with Crippen LogP contribution in [0.25, 0.3) is 6.08 Å². The number of hydrazone groups is 1. The number of carbonyl (C=O) groups excluding carboxylic acids is 1. The minimum absolute atomic E-state index is 0.0529. The molecule has 2 aliphatic heterocycles. The maximum Gasteiger partial charge on any atom is 0.283 e. The number of thioether (sulfide) groups is 1. The summed E-state index contributed by atoms with van der Waals surface area (Å²) in [6, 6.07) is 15.2. The van der Waals surface area contributed by atoms with Crippen LogP contribution in [0.3, 0.4) is 0 Å². The van der Waals surface area contributed by atoms with Crippen LogP contribution in [0.1, 0.15) is 37.8 Å². The van der Waals surface area contributed by atoms with Crippen molar-refractivity contribution in [3.8, 4) is 11.5 Å². The number of ether oxygens (including phenoxy) is 2. The Morgan fingerprint density at radius 2 is 1.76 bits per heavy atom. The number of carbonyl (C=O) groups is 1. The van der Waals surface area contributed by atoms with Crippen LogP contribution in [0.4, 0.5) is 0 Å². The third-order valence-electron chi connectivity index (χ3n) is 5.70. The molecule has 2 aromatic rings. The molecule has 0 radical (unpaired) electrons. The van der Waals surface area contributed by atoms with Gasteiger partial charge in [-0.1, -0.05) is 44.2 Å². The molecule has 2 aliphatic rings. The van der Waals surface area contributed by atoms with Gasteiger partial charge in [0.15, 0.2) is 5.84 Å². The lowest BCUT2D eigenvalue weighted by molar-refractivity contribution is -0.114. The van der Waals surface area contributed by atoms with Gasteiger partial charge in [0, 0.05) is 5.92 Å². The Labute approximate surface area is 204 Å². The van der Waals surface area contributed by atoms with E-state index in [1.807, 2.05) is 55.5 Å². The molecule has 0 saturated heterocycles. The largest absolute Gasteiger partial charge is 0.490 e. The number of benzene rings is 2. The third kappa shape index (κ3) is 5.22. The second kappa shape index (κ2) is 10.7. The molecule has 1 amide bonds. The van der Waals surface area contributed by atoms with E-state index < -0.39 is 5.91 Å². The Hall–Kier alpha value is -3.39. The van der Waals surface area contributed by atoms with E-state index in [1.54, 1.807) is 6.08 Å². The smallest absolute Gasteiger partial charge is 0.283 e. The predicted molar refractivity (Wildman–Crippen MR) is 138 cm³/mol. The topological polar surface area (TPSA) is 87.3 Å². The molecule has 8 heteroatoms. The zero-order valence-corrected chi connectivity index (χ0v) is 20.4. The van der Waals surface area contributed by atoms with Gasteiger partial charge in [-0.25, -0.2) is 0 Å². The van der Waals surface area contributed by atoms with Crippen LogP contribution in [0.5, 0.6) is 11.5 Å². The molecule has 2 aromatic carbocycles. The van der Waals surface area contributed by atoms with E-state index in [2.05, 4.69) is 23.9 Å². The van der Waals surface area contributed by atoms with Crippen molar-refractivity contribution in [2.75, 3.05) is 13.2 Å². The standard InChI is InChI=1S/C26H28N4O3S/c1-4-19(5-2)25-29-30-23(27)21(24(31)28-26(30)34-25)16-18-10-12-20(13-11-18)32-14-15-33-22-9-7-6-8-17(22)3/h6-13,16,19,27H,4-5,14-15H2,1-3H3/b21-16+,27-23?. The average Bonchev–Trinajstić information content (AvgIpc) is 3.26. The molecule has 1 N–H and O–H groups in total. The monoisotopic (exact) mass is 476 g/mol. The van der Waals surface area contributed by atoms with Crippen molar-refractivity contribution in [3.05, 3.63) is 65.2 Å². The quantitative estimate of drug-likeness (QED) is 0.381. The number of hydrogen-bond donors (Lipinski definition) is 1. The zero-order chi connectivity index (χ0) is 24.1. The first kappa shape index (κ1) is 23.8. The van der Waals surface area contributed by atoms with E-state index >= 15 is 0 Å². The lowest BCUT2D eigenvalue weighted by Gasteiger charge is -2.20.